The predicted octanol–water partition coefficient (Wildman–Crippen LogP) is 1.60. The molecule has 0 saturated carbocycles. The van der Waals surface area contributed by atoms with E-state index in [9.17, 15) is 4.79 Å². The van der Waals surface area contributed by atoms with Crippen molar-refractivity contribution in [1.29, 1.82) is 0 Å². The number of ether oxygens (including phenoxy) is 1. The lowest BCUT2D eigenvalue weighted by atomic mass is 10.1. The van der Waals surface area contributed by atoms with Gasteiger partial charge in [0.15, 0.2) is 0 Å². The average molecular weight is 312 g/mol. The number of hydrogen-bond acceptors (Lipinski definition) is 5. The zero-order valence-corrected chi connectivity index (χ0v) is 12.9. The lowest BCUT2D eigenvalue weighted by Crippen LogP contribution is -2.41. The topological polar surface area (TPSA) is 67.4 Å². The van der Waals surface area contributed by atoms with Crippen molar-refractivity contribution in [3.05, 3.63) is 53.9 Å². The molecule has 1 fully saturated rings. The third-order valence-corrected chi connectivity index (χ3v) is 3.71. The summed E-state index contributed by atoms with van der Waals surface area (Å²) in [5, 5.41) is 3.17. The summed E-state index contributed by atoms with van der Waals surface area (Å²) < 4.78 is 5.27. The molecule has 0 unspecified atom stereocenters. The molecular formula is C17H20N4O2. The molecule has 120 valence electrons. The summed E-state index contributed by atoms with van der Waals surface area (Å²) >= 11 is 0. The van der Waals surface area contributed by atoms with Gasteiger partial charge in [0.1, 0.15) is 5.69 Å². The monoisotopic (exact) mass is 312 g/mol. The maximum Gasteiger partial charge on any atom is 0.272 e. The Hall–Kier alpha value is -2.47. The number of carbonyl (C=O) groups excluding carboxylic acids is 1. The van der Waals surface area contributed by atoms with E-state index >= 15 is 0 Å². The number of benzene rings is 1. The molecule has 0 atom stereocenters. The van der Waals surface area contributed by atoms with Crippen molar-refractivity contribution in [2.75, 3.05) is 38.2 Å². The van der Waals surface area contributed by atoms with Gasteiger partial charge in [-0.25, -0.2) is 9.97 Å². The highest BCUT2D eigenvalue weighted by Gasteiger charge is 2.19. The van der Waals surface area contributed by atoms with Crippen LogP contribution in [0.25, 0.3) is 0 Å². The van der Waals surface area contributed by atoms with Crippen molar-refractivity contribution < 1.29 is 9.53 Å². The van der Waals surface area contributed by atoms with Crippen LogP contribution in [0.4, 0.5) is 5.95 Å². The van der Waals surface area contributed by atoms with Crippen molar-refractivity contribution in [3.63, 3.8) is 0 Å². The molecule has 1 aliphatic rings. The van der Waals surface area contributed by atoms with Crippen molar-refractivity contribution >= 4 is 11.9 Å². The van der Waals surface area contributed by atoms with Gasteiger partial charge in [-0.3, -0.25) is 4.79 Å². The number of hydrogen-bond donors (Lipinski definition) is 1. The number of anilines is 1. The molecule has 3 rings (SSSR count). The molecule has 1 aliphatic heterocycles. The summed E-state index contributed by atoms with van der Waals surface area (Å²) in [6, 6.07) is 11.9. The van der Waals surface area contributed by atoms with Gasteiger partial charge in [0.05, 0.1) is 13.2 Å². The Morgan fingerprint density at radius 1 is 1.17 bits per heavy atom. The number of morpholine rings is 1. The lowest BCUT2D eigenvalue weighted by molar-refractivity contribution is 0.0299. The second kappa shape index (κ2) is 7.69. The molecule has 0 bridgehead atoms. The molecule has 0 radical (unpaired) electrons. The first kappa shape index (κ1) is 15.4. The van der Waals surface area contributed by atoms with Crippen LogP contribution in [0.2, 0.25) is 0 Å². The Morgan fingerprint density at radius 3 is 2.74 bits per heavy atom. The fourth-order valence-electron chi connectivity index (χ4n) is 2.45. The van der Waals surface area contributed by atoms with Crippen molar-refractivity contribution in [1.82, 2.24) is 14.9 Å². The molecule has 1 aromatic heterocycles. The van der Waals surface area contributed by atoms with Crippen LogP contribution >= 0.6 is 0 Å². The molecule has 0 spiro atoms. The van der Waals surface area contributed by atoms with Crippen LogP contribution in [0.15, 0.2) is 42.6 Å². The van der Waals surface area contributed by atoms with Gasteiger partial charge >= 0.3 is 0 Å². The summed E-state index contributed by atoms with van der Waals surface area (Å²) in [6.45, 7) is 3.11. The minimum atomic E-state index is -0.0678. The molecule has 1 amide bonds. The number of nitrogens with one attached hydrogen (secondary N) is 1. The van der Waals surface area contributed by atoms with Gasteiger partial charge in [-0.05, 0) is 18.1 Å². The molecule has 6 nitrogen and oxygen atoms in total. The van der Waals surface area contributed by atoms with E-state index in [-0.39, 0.29) is 5.91 Å². The van der Waals surface area contributed by atoms with Crippen molar-refractivity contribution in [2.45, 2.75) is 6.42 Å². The highest BCUT2D eigenvalue weighted by Crippen LogP contribution is 2.07. The number of nitrogens with zero attached hydrogens (tertiary/aromatic N) is 3. The minimum absolute atomic E-state index is 0.0678. The van der Waals surface area contributed by atoms with Crippen LogP contribution in [0, 0.1) is 0 Å². The smallest absolute Gasteiger partial charge is 0.272 e. The maximum atomic E-state index is 12.4. The molecule has 0 aliphatic carbocycles. The van der Waals surface area contributed by atoms with Gasteiger partial charge in [0.2, 0.25) is 5.95 Å². The van der Waals surface area contributed by atoms with Gasteiger partial charge in [0.25, 0.3) is 5.91 Å². The molecule has 2 aromatic rings. The third kappa shape index (κ3) is 4.26. The van der Waals surface area contributed by atoms with Crippen LogP contribution in [0.1, 0.15) is 16.1 Å². The Kier molecular flexibility index (Phi) is 5.16. The molecule has 1 aromatic carbocycles. The van der Waals surface area contributed by atoms with Gasteiger partial charge in [-0.2, -0.15) is 0 Å². The van der Waals surface area contributed by atoms with E-state index in [1.54, 1.807) is 17.2 Å². The van der Waals surface area contributed by atoms with E-state index in [1.165, 1.54) is 5.56 Å². The Balaban J connectivity index is 1.57. The molecular weight excluding hydrogens is 292 g/mol. The van der Waals surface area contributed by atoms with Gasteiger partial charge < -0.3 is 15.0 Å². The van der Waals surface area contributed by atoms with E-state index < -0.39 is 0 Å². The van der Waals surface area contributed by atoms with Crippen LogP contribution in [0.3, 0.4) is 0 Å². The Morgan fingerprint density at radius 2 is 1.96 bits per heavy atom. The predicted molar refractivity (Wildman–Crippen MR) is 87.4 cm³/mol. The van der Waals surface area contributed by atoms with E-state index in [4.69, 9.17) is 4.74 Å². The van der Waals surface area contributed by atoms with E-state index in [0.29, 0.717) is 37.9 Å². The van der Waals surface area contributed by atoms with E-state index in [0.717, 1.165) is 13.0 Å². The molecule has 23 heavy (non-hydrogen) atoms. The first-order valence-electron chi connectivity index (χ1n) is 7.81. The van der Waals surface area contributed by atoms with Crippen LogP contribution in [-0.2, 0) is 11.2 Å². The number of amides is 1. The van der Waals surface area contributed by atoms with E-state index in [2.05, 4.69) is 27.4 Å². The largest absolute Gasteiger partial charge is 0.378 e. The van der Waals surface area contributed by atoms with Gasteiger partial charge in [-0.1, -0.05) is 30.3 Å². The Bertz CT molecular complexity index is 642. The highest BCUT2D eigenvalue weighted by atomic mass is 16.5. The summed E-state index contributed by atoms with van der Waals surface area (Å²) in [5.41, 5.74) is 1.67. The minimum Gasteiger partial charge on any atom is -0.378 e. The van der Waals surface area contributed by atoms with Crippen molar-refractivity contribution in [2.24, 2.45) is 0 Å². The highest BCUT2D eigenvalue weighted by molar-refractivity contribution is 5.92. The SMILES string of the molecule is O=C(c1ccnc(NCCc2ccccc2)n1)N1CCOCC1. The fourth-order valence-corrected chi connectivity index (χ4v) is 2.45. The van der Waals surface area contributed by atoms with E-state index in [1.807, 2.05) is 18.2 Å². The number of carbonyl (C=O) groups is 1. The number of aromatic nitrogens is 2. The van der Waals surface area contributed by atoms with Crippen LogP contribution in [-0.4, -0.2) is 53.6 Å². The number of rotatable bonds is 5. The fraction of sp³-hybridized carbons (Fsp3) is 0.353. The van der Waals surface area contributed by atoms with Gasteiger partial charge in [-0.15, -0.1) is 0 Å². The molecule has 2 heterocycles. The third-order valence-electron chi connectivity index (χ3n) is 3.71. The summed E-state index contributed by atoms with van der Waals surface area (Å²) in [7, 11) is 0. The summed E-state index contributed by atoms with van der Waals surface area (Å²) in [6.07, 6.45) is 2.50. The molecule has 1 saturated heterocycles. The van der Waals surface area contributed by atoms with Gasteiger partial charge in [0, 0.05) is 25.8 Å². The first-order valence-corrected chi connectivity index (χ1v) is 7.81. The second-order valence-corrected chi connectivity index (χ2v) is 5.33. The van der Waals surface area contributed by atoms with Crippen molar-refractivity contribution in [3.8, 4) is 0 Å². The lowest BCUT2D eigenvalue weighted by Gasteiger charge is -2.26. The standard InChI is InChI=1S/C17H20N4O2/c22-16(21-10-12-23-13-11-21)15-7-9-19-17(20-15)18-8-6-14-4-2-1-3-5-14/h1-5,7,9H,6,8,10-13H2,(H,18,19,20). The zero-order chi connectivity index (χ0) is 15.9. The maximum absolute atomic E-state index is 12.4. The summed E-state index contributed by atoms with van der Waals surface area (Å²) in [4.78, 5) is 22.7. The second-order valence-electron chi connectivity index (χ2n) is 5.33. The van der Waals surface area contributed by atoms with Crippen LogP contribution in [0.5, 0.6) is 0 Å². The average Bonchev–Trinajstić information content (AvgIpc) is 2.63. The first-order chi connectivity index (χ1) is 11.3. The summed E-state index contributed by atoms with van der Waals surface area (Å²) in [5.74, 6) is 0.418. The Labute approximate surface area is 135 Å². The zero-order valence-electron chi connectivity index (χ0n) is 12.9. The molecule has 1 N–H and O–H groups in total. The van der Waals surface area contributed by atoms with Crippen LogP contribution < -0.4 is 5.32 Å². The molecule has 6 heteroatoms. The normalized spacial score (nSPS) is 14.5. The quantitative estimate of drug-likeness (QED) is 0.908.